The topological polar surface area (TPSA) is 40.5 Å². The molecule has 96 valence electrons. The molecule has 1 atom stereocenters. The van der Waals surface area contributed by atoms with Crippen LogP contribution in [-0.4, -0.2) is 36.1 Å². The number of aliphatic carboxylic acids is 1. The molecule has 0 amide bonds. The molecule has 4 heteroatoms. The summed E-state index contributed by atoms with van der Waals surface area (Å²) >= 11 is 1.80. The minimum atomic E-state index is -0.708. The van der Waals surface area contributed by atoms with E-state index in [1.807, 2.05) is 6.92 Å². The fourth-order valence-electron chi connectivity index (χ4n) is 1.94. The van der Waals surface area contributed by atoms with Crippen LogP contribution in [0.5, 0.6) is 0 Å². The summed E-state index contributed by atoms with van der Waals surface area (Å²) in [5, 5.41) is 10.8. The Bertz CT molecular complexity index is 362. The number of hydrogen-bond donors (Lipinski definition) is 1. The Morgan fingerprint density at radius 3 is 2.82 bits per heavy atom. The Labute approximate surface area is 107 Å². The summed E-state index contributed by atoms with van der Waals surface area (Å²) in [6.45, 7) is 5.96. The third kappa shape index (κ3) is 5.33. The second-order valence-electron chi connectivity index (χ2n) is 4.74. The van der Waals surface area contributed by atoms with Crippen LogP contribution >= 0.6 is 11.3 Å². The van der Waals surface area contributed by atoms with Gasteiger partial charge < -0.3 is 10.0 Å². The van der Waals surface area contributed by atoms with E-state index in [4.69, 9.17) is 5.11 Å². The van der Waals surface area contributed by atoms with Crippen LogP contribution in [0.2, 0.25) is 0 Å². The van der Waals surface area contributed by atoms with Crippen molar-refractivity contribution in [2.24, 2.45) is 5.92 Å². The lowest BCUT2D eigenvalue weighted by Crippen LogP contribution is -2.27. The van der Waals surface area contributed by atoms with Gasteiger partial charge in [0.1, 0.15) is 0 Å². The summed E-state index contributed by atoms with van der Waals surface area (Å²) in [5.74, 6) is -0.498. The molecule has 1 N–H and O–H groups in total. The van der Waals surface area contributed by atoms with Crippen molar-refractivity contribution in [3.8, 4) is 0 Å². The molecule has 1 rings (SSSR count). The first kappa shape index (κ1) is 14.2. The lowest BCUT2D eigenvalue weighted by Gasteiger charge is -2.20. The van der Waals surface area contributed by atoms with Crippen molar-refractivity contribution in [3.63, 3.8) is 0 Å². The van der Waals surface area contributed by atoms with Gasteiger partial charge in [0.25, 0.3) is 0 Å². The van der Waals surface area contributed by atoms with Crippen molar-refractivity contribution in [2.45, 2.75) is 26.7 Å². The van der Waals surface area contributed by atoms with Crippen molar-refractivity contribution in [2.75, 3.05) is 20.1 Å². The van der Waals surface area contributed by atoms with Crippen molar-refractivity contribution < 1.29 is 9.90 Å². The first-order valence-electron chi connectivity index (χ1n) is 5.92. The fourth-order valence-corrected chi connectivity index (χ4v) is 2.84. The summed E-state index contributed by atoms with van der Waals surface area (Å²) in [6.07, 6.45) is 1.31. The van der Waals surface area contributed by atoms with E-state index in [2.05, 4.69) is 30.3 Å². The number of nitrogens with zero attached hydrogens (tertiary/aromatic N) is 1. The number of thiophene rings is 1. The molecular formula is C13H21NO2S. The smallest absolute Gasteiger partial charge is 0.303 e. The van der Waals surface area contributed by atoms with Crippen molar-refractivity contribution in [1.82, 2.24) is 4.90 Å². The molecule has 0 bridgehead atoms. The van der Waals surface area contributed by atoms with E-state index in [1.165, 1.54) is 10.4 Å². The summed E-state index contributed by atoms with van der Waals surface area (Å²) in [4.78, 5) is 14.2. The molecular weight excluding hydrogens is 234 g/mol. The van der Waals surface area contributed by atoms with Gasteiger partial charge in [-0.3, -0.25) is 4.79 Å². The number of rotatable bonds is 7. The fraction of sp³-hybridized carbons (Fsp3) is 0.615. The Kier molecular flexibility index (Phi) is 5.65. The highest BCUT2D eigenvalue weighted by atomic mass is 32.1. The van der Waals surface area contributed by atoms with Crippen LogP contribution in [0.15, 0.2) is 11.4 Å². The maximum atomic E-state index is 10.6. The maximum absolute atomic E-state index is 10.6. The molecule has 0 aliphatic rings. The molecule has 1 heterocycles. The van der Waals surface area contributed by atoms with E-state index >= 15 is 0 Å². The molecule has 17 heavy (non-hydrogen) atoms. The van der Waals surface area contributed by atoms with Crippen LogP contribution in [-0.2, 0) is 11.2 Å². The molecule has 0 aromatic carbocycles. The van der Waals surface area contributed by atoms with Gasteiger partial charge in [-0.05, 0) is 43.3 Å². The zero-order valence-corrected chi connectivity index (χ0v) is 11.6. The molecule has 1 aromatic rings. The van der Waals surface area contributed by atoms with Gasteiger partial charge in [0.15, 0.2) is 0 Å². The summed E-state index contributed by atoms with van der Waals surface area (Å²) in [7, 11) is 2.06. The summed E-state index contributed by atoms with van der Waals surface area (Å²) in [6, 6.07) is 2.15. The molecule has 0 aliphatic heterocycles. The van der Waals surface area contributed by atoms with Gasteiger partial charge >= 0.3 is 5.97 Å². The molecule has 0 aliphatic carbocycles. The largest absolute Gasteiger partial charge is 0.481 e. The number of carbonyl (C=O) groups is 1. The molecule has 0 fully saturated rings. The average molecular weight is 255 g/mol. The van der Waals surface area contributed by atoms with Crippen molar-refractivity contribution >= 4 is 17.3 Å². The number of carboxylic acid groups (broad SMARTS) is 1. The minimum absolute atomic E-state index is 0.210. The maximum Gasteiger partial charge on any atom is 0.303 e. The van der Waals surface area contributed by atoms with Crippen LogP contribution in [0.3, 0.4) is 0 Å². The summed E-state index contributed by atoms with van der Waals surface area (Å²) in [5.41, 5.74) is 1.36. The highest BCUT2D eigenvalue weighted by Crippen LogP contribution is 2.16. The van der Waals surface area contributed by atoms with Crippen LogP contribution in [0.1, 0.15) is 23.8 Å². The Morgan fingerprint density at radius 1 is 1.59 bits per heavy atom. The third-order valence-electron chi connectivity index (χ3n) is 2.84. The van der Waals surface area contributed by atoms with Gasteiger partial charge in [-0.25, -0.2) is 0 Å². The van der Waals surface area contributed by atoms with Crippen LogP contribution < -0.4 is 0 Å². The number of aryl methyl sites for hydroxylation is 1. The first-order chi connectivity index (χ1) is 7.99. The quantitative estimate of drug-likeness (QED) is 0.814. The predicted octanol–water partition coefficient (Wildman–Crippen LogP) is 2.64. The van der Waals surface area contributed by atoms with E-state index < -0.39 is 5.97 Å². The lowest BCUT2D eigenvalue weighted by molar-refractivity contribution is -0.138. The normalized spacial score (nSPS) is 12.9. The van der Waals surface area contributed by atoms with E-state index in [0.29, 0.717) is 0 Å². The Hall–Kier alpha value is -0.870. The molecule has 1 unspecified atom stereocenters. The second-order valence-corrected chi connectivity index (χ2v) is 5.74. The van der Waals surface area contributed by atoms with Crippen LogP contribution in [0.4, 0.5) is 0 Å². The molecule has 0 saturated heterocycles. The zero-order valence-electron chi connectivity index (χ0n) is 10.8. The van der Waals surface area contributed by atoms with Gasteiger partial charge in [0.2, 0.25) is 0 Å². The first-order valence-corrected chi connectivity index (χ1v) is 6.80. The minimum Gasteiger partial charge on any atom is -0.481 e. The van der Waals surface area contributed by atoms with Gasteiger partial charge in [-0.1, -0.05) is 6.92 Å². The van der Waals surface area contributed by atoms with Crippen LogP contribution in [0.25, 0.3) is 0 Å². The van der Waals surface area contributed by atoms with Gasteiger partial charge in [-0.15, -0.1) is 11.3 Å². The molecule has 0 radical (unpaired) electrons. The zero-order chi connectivity index (χ0) is 12.8. The Morgan fingerprint density at radius 2 is 2.29 bits per heavy atom. The highest BCUT2D eigenvalue weighted by molar-refractivity contribution is 7.10. The Balaban J connectivity index is 2.28. The molecule has 0 spiro atoms. The van der Waals surface area contributed by atoms with E-state index in [1.54, 1.807) is 11.3 Å². The number of likely N-dealkylation sites (N-methyl/N-ethyl adjacent to an activating group) is 1. The van der Waals surface area contributed by atoms with Crippen molar-refractivity contribution in [1.29, 1.82) is 0 Å². The molecule has 0 saturated carbocycles. The van der Waals surface area contributed by atoms with Gasteiger partial charge in [0.05, 0.1) is 0 Å². The van der Waals surface area contributed by atoms with E-state index in [-0.39, 0.29) is 12.3 Å². The number of hydrogen-bond acceptors (Lipinski definition) is 3. The lowest BCUT2D eigenvalue weighted by atomic mass is 10.1. The highest BCUT2D eigenvalue weighted by Gasteiger charge is 2.10. The predicted molar refractivity (Wildman–Crippen MR) is 71.7 cm³/mol. The second kappa shape index (κ2) is 6.77. The average Bonchev–Trinajstić information content (AvgIpc) is 2.59. The third-order valence-corrected chi connectivity index (χ3v) is 3.92. The van der Waals surface area contributed by atoms with Crippen molar-refractivity contribution in [3.05, 3.63) is 21.9 Å². The number of carboxylic acids is 1. The van der Waals surface area contributed by atoms with Crippen LogP contribution in [0, 0.1) is 12.8 Å². The van der Waals surface area contributed by atoms with Gasteiger partial charge in [-0.2, -0.15) is 0 Å². The van der Waals surface area contributed by atoms with E-state index in [0.717, 1.165) is 19.5 Å². The molecule has 1 aromatic heterocycles. The summed E-state index contributed by atoms with van der Waals surface area (Å²) < 4.78 is 0. The molecule has 3 nitrogen and oxygen atoms in total. The van der Waals surface area contributed by atoms with Gasteiger partial charge in [0, 0.05) is 24.4 Å². The SMILES string of the molecule is Cc1ccsc1CCN(C)CC(C)CC(=O)O. The standard InChI is InChI=1S/C13H21NO2S/c1-10(8-13(15)16)9-14(3)6-4-12-11(2)5-7-17-12/h5,7,10H,4,6,8-9H2,1-3H3,(H,15,16). The monoisotopic (exact) mass is 255 g/mol. The van der Waals surface area contributed by atoms with E-state index in [9.17, 15) is 4.79 Å².